The normalized spacial score (nSPS) is 13.2. The molecule has 110 heavy (non-hydrogen) atoms. The van der Waals surface area contributed by atoms with Gasteiger partial charge in [0.15, 0.2) is 0 Å². The van der Waals surface area contributed by atoms with Crippen LogP contribution in [-0.4, -0.2) is 9.13 Å². The van der Waals surface area contributed by atoms with Crippen molar-refractivity contribution >= 4 is 108 Å². The minimum absolute atomic E-state index is 0.0630. The largest absolute Gasteiger partial charge is 0.309 e. The van der Waals surface area contributed by atoms with Crippen LogP contribution < -0.4 is 0 Å². The maximum absolute atomic E-state index is 2.50. The van der Waals surface area contributed by atoms with E-state index in [4.69, 9.17) is 0 Å². The van der Waals surface area contributed by atoms with Crippen molar-refractivity contribution in [2.45, 2.75) is 38.5 Å². The van der Waals surface area contributed by atoms with E-state index in [0.717, 1.165) is 5.69 Å². The Hall–Kier alpha value is -13.7. The van der Waals surface area contributed by atoms with Crippen LogP contribution in [0.4, 0.5) is 0 Å². The fraction of sp³-hybridized carbons (Fsp3) is 0.0556. The molecule has 2 aliphatic carbocycles. The quantitative estimate of drug-likeness (QED) is 0.111. The lowest BCUT2D eigenvalue weighted by Crippen LogP contribution is -2.15. The van der Waals surface area contributed by atoms with Gasteiger partial charge in [0, 0.05) is 54.5 Å². The van der Waals surface area contributed by atoms with Crippen molar-refractivity contribution in [1.29, 1.82) is 0 Å². The lowest BCUT2D eigenvalue weighted by Gasteiger charge is -2.22. The molecule has 0 atom stereocenters. The molecular weight excluding hydrogens is 1330 g/mol. The highest BCUT2D eigenvalue weighted by atomic mass is 15.0. The third-order valence-electron chi connectivity index (χ3n) is 24.8. The Morgan fingerprint density at radius 1 is 0.182 bits per heavy atom. The lowest BCUT2D eigenvalue weighted by molar-refractivity contribution is 0.660. The van der Waals surface area contributed by atoms with E-state index in [1.54, 1.807) is 0 Å². The first-order valence-corrected chi connectivity index (χ1v) is 38.6. The first kappa shape index (κ1) is 63.6. The Labute approximate surface area is 639 Å². The van der Waals surface area contributed by atoms with Crippen molar-refractivity contribution in [1.82, 2.24) is 9.13 Å². The summed E-state index contributed by atoms with van der Waals surface area (Å²) in [5.41, 5.74) is 30.7. The summed E-state index contributed by atoms with van der Waals surface area (Å²) in [6.45, 7) is 9.46. The Morgan fingerprint density at radius 3 is 1.05 bits per heavy atom. The Bertz CT molecular complexity index is 7370. The topological polar surface area (TPSA) is 9.86 Å². The number of fused-ring (bicyclic) bond motifs is 21. The van der Waals surface area contributed by atoms with E-state index in [-0.39, 0.29) is 10.8 Å². The van der Waals surface area contributed by atoms with Gasteiger partial charge in [-0.1, -0.05) is 343 Å². The number of hydrogen-bond acceptors (Lipinski definition) is 0. The second-order valence-corrected chi connectivity index (χ2v) is 31.3. The van der Waals surface area contributed by atoms with E-state index in [1.165, 1.54) is 214 Å². The molecule has 0 saturated carbocycles. The molecule has 0 amide bonds. The number of nitrogens with zero attached hydrogens (tertiary/aromatic N) is 2. The van der Waals surface area contributed by atoms with Crippen molar-refractivity contribution in [2.24, 2.45) is 0 Å². The van der Waals surface area contributed by atoms with Crippen LogP contribution in [0.1, 0.15) is 49.9 Å². The highest BCUT2D eigenvalue weighted by Crippen LogP contribution is 2.54. The second kappa shape index (κ2) is 24.4. The number of aromatic nitrogens is 2. The molecule has 0 aliphatic heterocycles. The molecule has 2 aliphatic rings. The monoisotopic (exact) mass is 1400 g/mol. The van der Waals surface area contributed by atoms with Gasteiger partial charge in [-0.3, -0.25) is 0 Å². The fourth-order valence-corrected chi connectivity index (χ4v) is 19.6. The maximum atomic E-state index is 2.50. The van der Waals surface area contributed by atoms with Crippen LogP contribution in [0.2, 0.25) is 0 Å². The Kier molecular flexibility index (Phi) is 14.1. The van der Waals surface area contributed by atoms with Gasteiger partial charge in [0.2, 0.25) is 0 Å². The second-order valence-electron chi connectivity index (χ2n) is 31.3. The molecule has 2 nitrogen and oxygen atoms in total. The molecule has 0 fully saturated rings. The Balaban J connectivity index is 0.000000136. The van der Waals surface area contributed by atoms with Crippen LogP contribution in [-0.2, 0) is 10.8 Å². The molecule has 0 saturated heterocycles. The first-order valence-electron chi connectivity index (χ1n) is 38.6. The molecule has 23 rings (SSSR count). The van der Waals surface area contributed by atoms with E-state index in [2.05, 4.69) is 413 Å². The summed E-state index contributed by atoms with van der Waals surface area (Å²) in [5.74, 6) is 0. The predicted molar refractivity (Wildman–Crippen MR) is 469 cm³/mol. The molecule has 0 radical (unpaired) electrons. The minimum atomic E-state index is -0.0682. The highest BCUT2D eigenvalue weighted by molar-refractivity contribution is 6.25. The van der Waals surface area contributed by atoms with Gasteiger partial charge in [-0.05, 0) is 215 Å². The molecule has 0 unspecified atom stereocenters. The van der Waals surface area contributed by atoms with E-state index >= 15 is 0 Å². The molecule has 2 aromatic heterocycles. The van der Waals surface area contributed by atoms with E-state index in [9.17, 15) is 0 Å². The summed E-state index contributed by atoms with van der Waals surface area (Å²) in [6, 6.07) is 140. The van der Waals surface area contributed by atoms with Crippen molar-refractivity contribution in [3.8, 4) is 89.3 Å². The van der Waals surface area contributed by atoms with Crippen LogP contribution >= 0.6 is 0 Å². The summed E-state index contributed by atoms with van der Waals surface area (Å²) in [5, 5.41) is 20.3. The fourth-order valence-electron chi connectivity index (χ4n) is 19.6. The zero-order valence-corrected chi connectivity index (χ0v) is 61.7. The van der Waals surface area contributed by atoms with Gasteiger partial charge in [-0.2, -0.15) is 0 Å². The van der Waals surface area contributed by atoms with E-state index in [1.807, 2.05) is 0 Å². The van der Waals surface area contributed by atoms with Crippen LogP contribution in [0.15, 0.2) is 376 Å². The van der Waals surface area contributed by atoms with Crippen molar-refractivity contribution in [3.63, 3.8) is 0 Å². The van der Waals surface area contributed by atoms with Gasteiger partial charge < -0.3 is 9.13 Å². The smallest absolute Gasteiger partial charge is 0.0619 e. The van der Waals surface area contributed by atoms with Gasteiger partial charge in [0.1, 0.15) is 0 Å². The van der Waals surface area contributed by atoms with Gasteiger partial charge >= 0.3 is 0 Å². The van der Waals surface area contributed by atoms with Gasteiger partial charge in [-0.25, -0.2) is 0 Å². The van der Waals surface area contributed by atoms with Gasteiger partial charge in [0.25, 0.3) is 0 Å². The number of rotatable bonds is 7. The molecular formula is C108H74N2. The van der Waals surface area contributed by atoms with E-state index in [0.29, 0.717) is 0 Å². The molecule has 19 aromatic carbocycles. The SMILES string of the molecule is CC1(C)c2ccccc2-c2ccc(-c3cc4c5ccccc5n(-c5ccc(-c6c7ccccc7c(-c7ccccc7)c7ccccc67)cc5)c4c4ccccc34)cc21.CC1(C)c2ccccc2-c2ccc(-n3c4ccccc4c4cc(-c5ccc(-c6cc7ccccc7c7ccccc67)cc5)c5ccccc5c43)cc21. The van der Waals surface area contributed by atoms with Crippen molar-refractivity contribution in [3.05, 3.63) is 398 Å². The molecule has 516 valence electrons. The Morgan fingerprint density at radius 2 is 0.518 bits per heavy atom. The van der Waals surface area contributed by atoms with Gasteiger partial charge in [-0.15, -0.1) is 0 Å². The van der Waals surface area contributed by atoms with Crippen LogP contribution in [0, 0.1) is 0 Å². The molecule has 0 N–H and O–H groups in total. The van der Waals surface area contributed by atoms with E-state index < -0.39 is 0 Å². The van der Waals surface area contributed by atoms with Crippen LogP contribution in [0.3, 0.4) is 0 Å². The standard InChI is InChI=1S/C57H39N.C51H35N/c1-57(2)51-26-14-12-19-41(51)42-33-30-38(34-52(42)57)49-35-50-43-20-13-15-27-53(43)58(56(50)48-25-11-6-18-40(48)49)39-31-28-37(29-32-39)55-46-23-9-7-21-44(46)54(36-16-4-3-5-17-36)45-22-8-10-24-47(45)55;1-51(2)47-21-11-9-18-40(47)41-28-27-35(30-48(41)51)52-49-22-12-10-19-42(49)46-31-45(39-17-7-8-20-43(39)50(46)52)33-25-23-32(24-26-33)44-29-34-13-3-4-14-36(34)37-15-5-6-16-38(37)44/h3-35H,1-2H3;3-31H,1-2H3. The number of para-hydroxylation sites is 2. The lowest BCUT2D eigenvalue weighted by atomic mass is 9.81. The van der Waals surface area contributed by atoms with Crippen molar-refractivity contribution < 1.29 is 0 Å². The minimum Gasteiger partial charge on any atom is -0.309 e. The summed E-state index contributed by atoms with van der Waals surface area (Å²) in [7, 11) is 0. The molecule has 0 spiro atoms. The molecule has 21 aromatic rings. The molecule has 2 heteroatoms. The molecule has 0 bridgehead atoms. The summed E-state index contributed by atoms with van der Waals surface area (Å²) in [6.07, 6.45) is 0. The third kappa shape index (κ3) is 9.49. The summed E-state index contributed by atoms with van der Waals surface area (Å²) < 4.78 is 4.99. The third-order valence-corrected chi connectivity index (χ3v) is 24.8. The van der Waals surface area contributed by atoms with Crippen LogP contribution in [0.5, 0.6) is 0 Å². The highest BCUT2D eigenvalue weighted by Gasteiger charge is 2.37. The van der Waals surface area contributed by atoms with Gasteiger partial charge in [0.05, 0.1) is 22.1 Å². The predicted octanol–water partition coefficient (Wildman–Crippen LogP) is 29.4. The average molecular weight is 1400 g/mol. The molecule has 2 heterocycles. The van der Waals surface area contributed by atoms with Crippen LogP contribution in [0.25, 0.3) is 198 Å². The van der Waals surface area contributed by atoms with Crippen molar-refractivity contribution in [2.75, 3.05) is 0 Å². The number of benzene rings is 19. The zero-order chi connectivity index (χ0) is 73.1. The number of hydrogen-bond donors (Lipinski definition) is 0. The maximum Gasteiger partial charge on any atom is 0.0619 e. The summed E-state index contributed by atoms with van der Waals surface area (Å²) >= 11 is 0. The summed E-state index contributed by atoms with van der Waals surface area (Å²) in [4.78, 5) is 0. The first-order chi connectivity index (χ1) is 54.1. The zero-order valence-electron chi connectivity index (χ0n) is 61.7. The average Bonchev–Trinajstić information content (AvgIpc) is 1.49.